The lowest BCUT2D eigenvalue weighted by molar-refractivity contribution is 0.664. The van der Waals surface area contributed by atoms with Crippen LogP contribution in [0.15, 0.2) is 36.2 Å². The van der Waals surface area contributed by atoms with Gasteiger partial charge in [0.15, 0.2) is 0 Å². The summed E-state index contributed by atoms with van der Waals surface area (Å²) in [7, 11) is 0. The molecule has 0 aromatic heterocycles. The summed E-state index contributed by atoms with van der Waals surface area (Å²) >= 11 is 0. The van der Waals surface area contributed by atoms with Gasteiger partial charge in [0, 0.05) is 0 Å². The minimum absolute atomic E-state index is 0.213. The van der Waals surface area contributed by atoms with Crippen LogP contribution >= 0.6 is 0 Å². The van der Waals surface area contributed by atoms with Crippen LogP contribution in [0.1, 0.15) is 20.3 Å². The molecule has 0 spiro atoms. The Labute approximate surface area is 61.8 Å². The topological polar surface area (TPSA) is 0 Å². The second-order valence-electron chi connectivity index (χ2n) is 2.02. The fourth-order valence-electron chi connectivity index (χ4n) is 0.412. The van der Waals surface area contributed by atoms with Crippen LogP contribution in [0.2, 0.25) is 0 Å². The second-order valence-corrected chi connectivity index (χ2v) is 2.02. The first-order chi connectivity index (χ1) is 4.70. The molecule has 0 nitrogen and oxygen atoms in total. The fourth-order valence-corrected chi connectivity index (χ4v) is 0.412. The lowest BCUT2D eigenvalue weighted by Crippen LogP contribution is -1.69. The van der Waals surface area contributed by atoms with Crippen LogP contribution in [-0.4, -0.2) is 0 Å². The van der Waals surface area contributed by atoms with Crippen LogP contribution in [-0.2, 0) is 0 Å². The van der Waals surface area contributed by atoms with Gasteiger partial charge in [0.25, 0.3) is 0 Å². The van der Waals surface area contributed by atoms with Crippen LogP contribution in [0.5, 0.6) is 0 Å². The van der Waals surface area contributed by atoms with Gasteiger partial charge in [0.2, 0.25) is 0 Å². The van der Waals surface area contributed by atoms with Crippen molar-refractivity contribution in [3.8, 4) is 0 Å². The first kappa shape index (κ1) is 9.15. The number of hydrogen-bond donors (Lipinski definition) is 0. The molecule has 0 N–H and O–H groups in total. The Hall–Kier alpha value is -0.850. The first-order valence-electron chi connectivity index (χ1n) is 3.38. The Morgan fingerprint density at radius 2 is 2.10 bits per heavy atom. The van der Waals surface area contributed by atoms with Gasteiger partial charge in [-0.05, 0) is 19.4 Å². The summed E-state index contributed by atoms with van der Waals surface area (Å²) < 4.78 is 12.4. The maximum atomic E-state index is 12.4. The normalized spacial score (nSPS) is 12.5. The van der Waals surface area contributed by atoms with Crippen LogP contribution < -0.4 is 0 Å². The van der Waals surface area contributed by atoms with Crippen molar-refractivity contribution in [3.63, 3.8) is 0 Å². The van der Waals surface area contributed by atoms with Crippen molar-refractivity contribution in [1.29, 1.82) is 0 Å². The summed E-state index contributed by atoms with van der Waals surface area (Å²) in [4.78, 5) is 0. The lowest BCUT2D eigenvalue weighted by Gasteiger charge is -1.89. The van der Waals surface area contributed by atoms with E-state index < -0.39 is 0 Å². The van der Waals surface area contributed by atoms with Crippen molar-refractivity contribution in [3.05, 3.63) is 36.2 Å². The highest BCUT2D eigenvalue weighted by Gasteiger charge is 1.83. The second kappa shape index (κ2) is 4.98. The largest absolute Gasteiger partial charge is 0.207 e. The maximum Gasteiger partial charge on any atom is 0.118 e. The smallest absolute Gasteiger partial charge is 0.118 e. The minimum Gasteiger partial charge on any atom is -0.207 e. The molecular formula is C9H13F. The number of halogens is 1. The molecule has 0 aliphatic carbocycles. The Balaban J connectivity index is 3.88. The molecule has 0 saturated heterocycles. The van der Waals surface area contributed by atoms with E-state index in [9.17, 15) is 4.39 Å². The molecule has 0 aliphatic heterocycles. The summed E-state index contributed by atoms with van der Waals surface area (Å²) in [5.74, 6) is -0.213. The molecule has 0 fully saturated rings. The Morgan fingerprint density at radius 1 is 1.50 bits per heavy atom. The van der Waals surface area contributed by atoms with Gasteiger partial charge in [-0.1, -0.05) is 31.2 Å². The van der Waals surface area contributed by atoms with E-state index >= 15 is 0 Å². The SMILES string of the molecule is C=C(/C=C\C(F)=C/C)CC. The molecule has 10 heavy (non-hydrogen) atoms. The summed E-state index contributed by atoms with van der Waals surface area (Å²) in [6.45, 7) is 7.35. The number of hydrogen-bond acceptors (Lipinski definition) is 0. The molecule has 0 heterocycles. The average molecular weight is 140 g/mol. The van der Waals surface area contributed by atoms with Crippen LogP contribution in [0.4, 0.5) is 4.39 Å². The first-order valence-corrected chi connectivity index (χ1v) is 3.38. The summed E-state index contributed by atoms with van der Waals surface area (Å²) in [5.41, 5.74) is 0.942. The van der Waals surface area contributed by atoms with E-state index in [4.69, 9.17) is 0 Å². The summed E-state index contributed by atoms with van der Waals surface area (Å²) in [6, 6.07) is 0. The highest BCUT2D eigenvalue weighted by Crippen LogP contribution is 2.03. The molecule has 1 heteroatoms. The van der Waals surface area contributed by atoms with Gasteiger partial charge < -0.3 is 0 Å². The Kier molecular flexibility index (Phi) is 4.55. The molecule has 0 bridgehead atoms. The van der Waals surface area contributed by atoms with E-state index in [1.165, 1.54) is 12.2 Å². The van der Waals surface area contributed by atoms with E-state index in [1.54, 1.807) is 13.0 Å². The molecule has 0 atom stereocenters. The minimum atomic E-state index is -0.213. The summed E-state index contributed by atoms with van der Waals surface area (Å²) in [6.07, 6.45) is 5.40. The van der Waals surface area contributed by atoms with Crippen molar-refractivity contribution in [1.82, 2.24) is 0 Å². The van der Waals surface area contributed by atoms with Crippen LogP contribution in [0.3, 0.4) is 0 Å². The molecule has 0 aliphatic rings. The predicted octanol–water partition coefficient (Wildman–Crippen LogP) is 3.38. The van der Waals surface area contributed by atoms with Gasteiger partial charge in [0.05, 0.1) is 0 Å². The van der Waals surface area contributed by atoms with Crippen molar-refractivity contribution >= 4 is 0 Å². The molecule has 0 radical (unpaired) electrons. The van der Waals surface area contributed by atoms with Crippen molar-refractivity contribution in [2.75, 3.05) is 0 Å². The van der Waals surface area contributed by atoms with Crippen molar-refractivity contribution < 1.29 is 4.39 Å². The third-order valence-electron chi connectivity index (χ3n) is 1.21. The van der Waals surface area contributed by atoms with Gasteiger partial charge in [-0.3, -0.25) is 0 Å². The lowest BCUT2D eigenvalue weighted by atomic mass is 10.2. The molecule has 0 saturated carbocycles. The highest BCUT2D eigenvalue weighted by molar-refractivity contribution is 5.21. The third-order valence-corrected chi connectivity index (χ3v) is 1.21. The van der Waals surface area contributed by atoms with E-state index in [0.717, 1.165) is 12.0 Å². The van der Waals surface area contributed by atoms with Crippen LogP contribution in [0.25, 0.3) is 0 Å². The van der Waals surface area contributed by atoms with Gasteiger partial charge in [-0.2, -0.15) is 0 Å². The third kappa shape index (κ3) is 4.07. The standard InChI is InChI=1S/C9H13F/c1-4-8(3)6-7-9(10)5-2/h5-7H,3-4H2,1-2H3/b7-6-,9-5+. The van der Waals surface area contributed by atoms with E-state index in [-0.39, 0.29) is 5.83 Å². The Morgan fingerprint density at radius 3 is 2.50 bits per heavy atom. The van der Waals surface area contributed by atoms with Crippen molar-refractivity contribution in [2.24, 2.45) is 0 Å². The molecule has 0 amide bonds. The fraction of sp³-hybridized carbons (Fsp3) is 0.333. The highest BCUT2D eigenvalue weighted by atomic mass is 19.1. The molecule has 0 aromatic rings. The zero-order valence-electron chi connectivity index (χ0n) is 6.52. The van der Waals surface area contributed by atoms with E-state index in [0.29, 0.717) is 0 Å². The molecule has 56 valence electrons. The van der Waals surface area contributed by atoms with Gasteiger partial charge in [-0.25, -0.2) is 4.39 Å². The van der Waals surface area contributed by atoms with Gasteiger partial charge in [0.1, 0.15) is 5.83 Å². The average Bonchev–Trinajstić information content (AvgIpc) is 1.99. The molecule has 0 aromatic carbocycles. The summed E-state index contributed by atoms with van der Waals surface area (Å²) in [5, 5.41) is 0. The zero-order valence-corrected chi connectivity index (χ0v) is 6.52. The van der Waals surface area contributed by atoms with Crippen LogP contribution in [0, 0.1) is 0 Å². The van der Waals surface area contributed by atoms with Gasteiger partial charge >= 0.3 is 0 Å². The van der Waals surface area contributed by atoms with E-state index in [2.05, 4.69) is 6.58 Å². The predicted molar refractivity (Wildman–Crippen MR) is 43.4 cm³/mol. The zero-order chi connectivity index (χ0) is 7.98. The van der Waals surface area contributed by atoms with Crippen molar-refractivity contribution in [2.45, 2.75) is 20.3 Å². The molecule has 0 unspecified atom stereocenters. The molecule has 0 rings (SSSR count). The maximum absolute atomic E-state index is 12.4. The Bertz CT molecular complexity index is 164. The quantitative estimate of drug-likeness (QED) is 0.527. The molecular weight excluding hydrogens is 127 g/mol. The van der Waals surface area contributed by atoms with Gasteiger partial charge in [-0.15, -0.1) is 0 Å². The van der Waals surface area contributed by atoms with E-state index in [1.807, 2.05) is 6.92 Å². The number of allylic oxidation sites excluding steroid dienone is 5. The monoisotopic (exact) mass is 140 g/mol. The number of rotatable bonds is 3.